The molecule has 4 atom stereocenters. The van der Waals surface area contributed by atoms with Crippen LogP contribution in [0.4, 0.5) is 0 Å². The van der Waals surface area contributed by atoms with Gasteiger partial charge in [0.25, 0.3) is 0 Å². The average Bonchev–Trinajstić information content (AvgIpc) is 2.87. The lowest BCUT2D eigenvalue weighted by molar-refractivity contribution is -0.143. The predicted molar refractivity (Wildman–Crippen MR) is 146 cm³/mol. The van der Waals surface area contributed by atoms with Crippen LogP contribution < -0.4 is 21.7 Å². The van der Waals surface area contributed by atoms with Crippen LogP contribution >= 0.6 is 23.5 Å². The zero-order chi connectivity index (χ0) is 28.7. The molecule has 0 aliphatic rings. The molecule has 0 saturated carbocycles. The van der Waals surface area contributed by atoms with E-state index in [-0.39, 0.29) is 25.0 Å². The Bertz CT molecular complexity index is 948. The van der Waals surface area contributed by atoms with Gasteiger partial charge in [-0.25, -0.2) is 4.79 Å². The molecule has 0 aliphatic carbocycles. The molecule has 0 aromatic heterocycles. The maximum Gasteiger partial charge on any atom is 0.326 e. The highest BCUT2D eigenvalue weighted by molar-refractivity contribution is 7.98. The van der Waals surface area contributed by atoms with E-state index in [4.69, 9.17) is 10.8 Å². The quantitative estimate of drug-likeness (QED) is 0.126. The SMILES string of the molecule is CSCCC(N)C(=O)NC(CCSC)C(=O)NC(Cc1ccc(O)cc1)C(=O)NC(CCC(=O)O)C(=O)O. The highest BCUT2D eigenvalue weighted by atomic mass is 32.2. The van der Waals surface area contributed by atoms with Crippen molar-refractivity contribution in [1.29, 1.82) is 0 Å². The van der Waals surface area contributed by atoms with Crippen molar-refractivity contribution in [2.24, 2.45) is 5.73 Å². The molecule has 14 heteroatoms. The highest BCUT2D eigenvalue weighted by Gasteiger charge is 2.30. The van der Waals surface area contributed by atoms with Crippen molar-refractivity contribution in [2.45, 2.75) is 56.3 Å². The van der Waals surface area contributed by atoms with Gasteiger partial charge in [0.15, 0.2) is 0 Å². The molecule has 212 valence electrons. The molecule has 0 radical (unpaired) electrons. The lowest BCUT2D eigenvalue weighted by Crippen LogP contribution is -2.57. The van der Waals surface area contributed by atoms with E-state index >= 15 is 0 Å². The van der Waals surface area contributed by atoms with Crippen LogP contribution in [0.5, 0.6) is 5.75 Å². The predicted octanol–water partition coefficient (Wildman–Crippen LogP) is 0.172. The summed E-state index contributed by atoms with van der Waals surface area (Å²) in [5.41, 5.74) is 6.49. The van der Waals surface area contributed by atoms with Gasteiger partial charge in [-0.2, -0.15) is 23.5 Å². The number of carbonyl (C=O) groups excluding carboxylic acids is 3. The Labute approximate surface area is 229 Å². The van der Waals surface area contributed by atoms with Crippen molar-refractivity contribution < 1.29 is 39.3 Å². The molecule has 8 N–H and O–H groups in total. The summed E-state index contributed by atoms with van der Waals surface area (Å²) in [6, 6.07) is 1.34. The van der Waals surface area contributed by atoms with Gasteiger partial charge in [0.2, 0.25) is 17.7 Å². The maximum absolute atomic E-state index is 13.2. The smallest absolute Gasteiger partial charge is 0.326 e. The van der Waals surface area contributed by atoms with Gasteiger partial charge in [0.05, 0.1) is 6.04 Å². The molecule has 0 fully saturated rings. The molecule has 4 unspecified atom stereocenters. The Kier molecular flexibility index (Phi) is 15.2. The number of carbonyl (C=O) groups is 5. The largest absolute Gasteiger partial charge is 0.508 e. The number of benzene rings is 1. The molecular weight excluding hydrogens is 536 g/mol. The lowest BCUT2D eigenvalue weighted by atomic mass is 10.0. The Morgan fingerprint density at radius 1 is 0.789 bits per heavy atom. The van der Waals surface area contributed by atoms with E-state index in [9.17, 15) is 34.2 Å². The van der Waals surface area contributed by atoms with Crippen molar-refractivity contribution in [3.05, 3.63) is 29.8 Å². The van der Waals surface area contributed by atoms with Crippen molar-refractivity contribution in [3.8, 4) is 5.75 Å². The van der Waals surface area contributed by atoms with Crippen LogP contribution in [0.25, 0.3) is 0 Å². The molecule has 0 aliphatic heterocycles. The minimum Gasteiger partial charge on any atom is -0.508 e. The fourth-order valence-electron chi connectivity index (χ4n) is 3.31. The lowest BCUT2D eigenvalue weighted by Gasteiger charge is -2.25. The molecule has 38 heavy (non-hydrogen) atoms. The number of aromatic hydroxyl groups is 1. The standard InChI is InChI=1S/C24H36N4O8S2/c1-37-11-9-16(25)21(32)26-17(10-12-38-2)22(33)28-19(13-14-3-5-15(29)6-4-14)23(34)27-18(24(35)36)7-8-20(30)31/h3-6,16-19,29H,7-13,25H2,1-2H3,(H,26,32)(H,27,34)(H,28,33)(H,30,31)(H,35,36). The van der Waals surface area contributed by atoms with Gasteiger partial charge < -0.3 is 37.0 Å². The molecule has 1 aromatic carbocycles. The number of aliphatic carboxylic acids is 2. The Balaban J connectivity index is 3.12. The Morgan fingerprint density at radius 2 is 1.32 bits per heavy atom. The number of carboxylic acids is 2. The summed E-state index contributed by atoms with van der Waals surface area (Å²) < 4.78 is 0. The molecule has 12 nitrogen and oxygen atoms in total. The second-order valence-electron chi connectivity index (χ2n) is 8.49. The first-order valence-electron chi connectivity index (χ1n) is 11.9. The van der Waals surface area contributed by atoms with E-state index in [0.717, 1.165) is 0 Å². The summed E-state index contributed by atoms with van der Waals surface area (Å²) in [5, 5.41) is 35.4. The number of thioether (sulfide) groups is 2. The van der Waals surface area contributed by atoms with Gasteiger partial charge in [0.1, 0.15) is 23.9 Å². The molecule has 0 spiro atoms. The van der Waals surface area contributed by atoms with Gasteiger partial charge in [-0.1, -0.05) is 12.1 Å². The fourth-order valence-corrected chi connectivity index (χ4v) is 4.27. The summed E-state index contributed by atoms with van der Waals surface area (Å²) >= 11 is 3.00. The number of rotatable bonds is 18. The highest BCUT2D eigenvalue weighted by Crippen LogP contribution is 2.13. The van der Waals surface area contributed by atoms with Crippen LogP contribution in [0.2, 0.25) is 0 Å². The molecular formula is C24H36N4O8S2. The third kappa shape index (κ3) is 12.5. The Hall–Kier alpha value is -2.97. The molecule has 0 bridgehead atoms. The number of amides is 3. The van der Waals surface area contributed by atoms with Crippen molar-refractivity contribution >= 4 is 53.2 Å². The second kappa shape index (κ2) is 17.5. The van der Waals surface area contributed by atoms with Gasteiger partial charge in [-0.3, -0.25) is 19.2 Å². The topological polar surface area (TPSA) is 208 Å². The number of nitrogens with one attached hydrogen (secondary N) is 3. The van der Waals surface area contributed by atoms with Gasteiger partial charge in [-0.15, -0.1) is 0 Å². The Morgan fingerprint density at radius 3 is 1.87 bits per heavy atom. The third-order valence-electron chi connectivity index (χ3n) is 5.48. The van der Waals surface area contributed by atoms with E-state index in [0.29, 0.717) is 23.5 Å². The number of phenolic OH excluding ortho intramolecular Hbond substituents is 1. The summed E-state index contributed by atoms with van der Waals surface area (Å²) in [7, 11) is 0. The number of carboxylic acid groups (broad SMARTS) is 2. The molecule has 0 heterocycles. The van der Waals surface area contributed by atoms with Crippen molar-refractivity contribution in [1.82, 2.24) is 16.0 Å². The number of phenols is 1. The third-order valence-corrected chi connectivity index (χ3v) is 6.77. The minimum absolute atomic E-state index is 0.00365. The van der Waals surface area contributed by atoms with E-state index < -0.39 is 60.2 Å². The molecule has 1 aromatic rings. The number of hydrogen-bond acceptors (Lipinski definition) is 9. The first kappa shape index (κ1) is 33.1. The van der Waals surface area contributed by atoms with Gasteiger partial charge in [0, 0.05) is 12.8 Å². The second-order valence-corrected chi connectivity index (χ2v) is 10.5. The van der Waals surface area contributed by atoms with Crippen LogP contribution in [0.3, 0.4) is 0 Å². The monoisotopic (exact) mass is 572 g/mol. The van der Waals surface area contributed by atoms with Crippen LogP contribution in [0.15, 0.2) is 24.3 Å². The van der Waals surface area contributed by atoms with E-state index in [1.807, 2.05) is 12.5 Å². The number of hydrogen-bond donors (Lipinski definition) is 7. The summed E-state index contributed by atoms with van der Waals surface area (Å²) in [4.78, 5) is 61.4. The average molecular weight is 573 g/mol. The summed E-state index contributed by atoms with van der Waals surface area (Å²) in [6.07, 6.45) is 3.52. The normalized spacial score (nSPS) is 14.0. The minimum atomic E-state index is -1.49. The zero-order valence-corrected chi connectivity index (χ0v) is 23.0. The van der Waals surface area contributed by atoms with E-state index in [1.54, 1.807) is 12.1 Å². The molecule has 1 rings (SSSR count). The number of nitrogens with two attached hydrogens (primary N) is 1. The van der Waals surface area contributed by atoms with Gasteiger partial charge >= 0.3 is 11.9 Å². The van der Waals surface area contributed by atoms with Crippen LogP contribution in [0, 0.1) is 0 Å². The van der Waals surface area contributed by atoms with E-state index in [1.165, 1.54) is 35.7 Å². The van der Waals surface area contributed by atoms with Crippen LogP contribution in [0.1, 0.15) is 31.2 Å². The fraction of sp³-hybridized carbons (Fsp3) is 0.542. The van der Waals surface area contributed by atoms with Crippen molar-refractivity contribution in [2.75, 3.05) is 24.0 Å². The zero-order valence-electron chi connectivity index (χ0n) is 21.3. The van der Waals surface area contributed by atoms with Gasteiger partial charge in [-0.05, 0) is 61.0 Å². The van der Waals surface area contributed by atoms with Crippen LogP contribution in [-0.4, -0.2) is 93.2 Å². The van der Waals surface area contributed by atoms with E-state index in [2.05, 4.69) is 16.0 Å². The summed E-state index contributed by atoms with van der Waals surface area (Å²) in [6.45, 7) is 0. The summed E-state index contributed by atoms with van der Waals surface area (Å²) in [5.74, 6) is -3.44. The first-order chi connectivity index (χ1) is 18.0. The first-order valence-corrected chi connectivity index (χ1v) is 14.6. The molecule has 3 amide bonds. The molecule has 0 saturated heterocycles. The maximum atomic E-state index is 13.2. The van der Waals surface area contributed by atoms with Crippen LogP contribution in [-0.2, 0) is 30.4 Å². The van der Waals surface area contributed by atoms with Crippen molar-refractivity contribution in [3.63, 3.8) is 0 Å².